The van der Waals surface area contributed by atoms with Gasteiger partial charge in [0.05, 0.1) is 11.2 Å². The molecule has 3 nitrogen and oxygen atoms in total. The molecule has 0 amide bonds. The largest absolute Gasteiger partial charge is 2.00 e. The molecule has 0 spiro atoms. The van der Waals surface area contributed by atoms with Crippen LogP contribution in [0.2, 0.25) is 0 Å². The Morgan fingerprint density at radius 3 is 2.17 bits per heavy atom. The Kier molecular flexibility index (Phi) is 10.9. The molecule has 0 saturated heterocycles. The van der Waals surface area contributed by atoms with Crippen LogP contribution in [0.25, 0.3) is 22.4 Å². The van der Waals surface area contributed by atoms with Gasteiger partial charge in [-0.15, -0.1) is 0 Å². The van der Waals surface area contributed by atoms with Crippen LogP contribution in [0.4, 0.5) is 28.9 Å². The van der Waals surface area contributed by atoms with E-state index in [1.807, 2.05) is 22.8 Å². The van der Waals surface area contributed by atoms with Crippen molar-refractivity contribution in [2.24, 2.45) is 0 Å². The van der Waals surface area contributed by atoms with Gasteiger partial charge in [0.2, 0.25) is 0 Å². The molecule has 0 bridgehead atoms. The summed E-state index contributed by atoms with van der Waals surface area (Å²) in [5, 5.41) is 2.50. The molecule has 1 radical (unpaired) electrons. The van der Waals surface area contributed by atoms with Crippen molar-refractivity contribution in [3.63, 3.8) is 0 Å². The van der Waals surface area contributed by atoms with E-state index in [2.05, 4.69) is 32.2 Å². The summed E-state index contributed by atoms with van der Waals surface area (Å²) >= 11 is 0. The minimum atomic E-state index is -1.49. The number of hydrogen-bond acceptors (Lipinski definition) is 2. The van der Waals surface area contributed by atoms with Gasteiger partial charge in [0.25, 0.3) is 0 Å². The summed E-state index contributed by atoms with van der Waals surface area (Å²) in [7, 11) is 0. The van der Waals surface area contributed by atoms with Crippen molar-refractivity contribution in [1.82, 2.24) is 9.55 Å². The van der Waals surface area contributed by atoms with Gasteiger partial charge in [-0.1, -0.05) is 38.3 Å². The number of anilines is 2. The van der Waals surface area contributed by atoms with E-state index in [0.29, 0.717) is 17.9 Å². The number of imidazole rings is 1. The zero-order valence-corrected chi connectivity index (χ0v) is 21.1. The molecule has 4 rings (SSSR count). The Hall–Kier alpha value is -2.77. The average Bonchev–Trinajstić information content (AvgIpc) is 3.24. The van der Waals surface area contributed by atoms with E-state index in [9.17, 15) is 17.6 Å². The fourth-order valence-electron chi connectivity index (χ4n) is 3.36. The number of nitrogens with one attached hydrogen (secondary N) is 1. The van der Waals surface area contributed by atoms with Crippen molar-refractivity contribution in [3.05, 3.63) is 84.8 Å². The number of nitrogens with zero attached hydrogens (tertiary/aromatic N) is 2. The van der Waals surface area contributed by atoms with E-state index in [4.69, 9.17) is 4.98 Å². The van der Waals surface area contributed by atoms with Crippen LogP contribution < -0.4 is 5.32 Å². The second kappa shape index (κ2) is 13.4. The zero-order chi connectivity index (χ0) is 24.7. The SMILES string of the molecule is CCCCn1c(-c2cc[c-]cc2)nc2c(Nc3c(F)c(F)cc(F)c3F)cccc21.[CH2-]CCC.[V+2]. The topological polar surface area (TPSA) is 29.9 Å². The Morgan fingerprint density at radius 2 is 1.60 bits per heavy atom. The van der Waals surface area contributed by atoms with Crippen molar-refractivity contribution >= 4 is 22.4 Å². The molecule has 0 atom stereocenters. The van der Waals surface area contributed by atoms with Crippen LogP contribution >= 0.6 is 0 Å². The quantitative estimate of drug-likeness (QED) is 0.151. The molecule has 35 heavy (non-hydrogen) atoms. The number of para-hydroxylation sites is 1. The van der Waals surface area contributed by atoms with Gasteiger partial charge in [0, 0.05) is 12.6 Å². The zero-order valence-electron chi connectivity index (χ0n) is 19.7. The molecule has 1 N–H and O–H groups in total. The normalized spacial score (nSPS) is 10.5. The number of benzene rings is 3. The van der Waals surface area contributed by atoms with Gasteiger partial charge in [-0.05, 0) is 18.6 Å². The molecule has 0 saturated carbocycles. The molecule has 3 aromatic carbocycles. The van der Waals surface area contributed by atoms with Crippen molar-refractivity contribution in [3.8, 4) is 11.4 Å². The molecule has 1 heterocycles. The predicted molar refractivity (Wildman–Crippen MR) is 129 cm³/mol. The fourth-order valence-corrected chi connectivity index (χ4v) is 3.36. The van der Waals surface area contributed by atoms with Crippen LogP contribution in [0.15, 0.2) is 48.5 Å². The van der Waals surface area contributed by atoms with E-state index in [1.165, 1.54) is 6.42 Å². The third-order valence-corrected chi connectivity index (χ3v) is 5.22. The molecule has 0 aliphatic rings. The first kappa shape index (κ1) is 28.5. The number of rotatable bonds is 7. The third kappa shape index (κ3) is 6.47. The van der Waals surface area contributed by atoms with Crippen LogP contribution in [0.1, 0.15) is 39.5 Å². The molecule has 4 aromatic rings. The third-order valence-electron chi connectivity index (χ3n) is 5.22. The average molecular weight is 520 g/mol. The van der Waals surface area contributed by atoms with E-state index in [0.717, 1.165) is 30.3 Å². The van der Waals surface area contributed by atoms with Gasteiger partial charge < -0.3 is 16.8 Å². The van der Waals surface area contributed by atoms with Crippen LogP contribution in [0.3, 0.4) is 0 Å². The van der Waals surface area contributed by atoms with E-state index < -0.39 is 29.0 Å². The summed E-state index contributed by atoms with van der Waals surface area (Å²) in [5.74, 6) is -5.24. The Bertz CT molecular complexity index is 1210. The Labute approximate surface area is 215 Å². The summed E-state index contributed by atoms with van der Waals surface area (Å²) in [4.78, 5) is 4.69. The maximum Gasteiger partial charge on any atom is 2.00 e. The molecule has 183 valence electrons. The van der Waals surface area contributed by atoms with Gasteiger partial charge in [0.1, 0.15) is 17.0 Å². The van der Waals surface area contributed by atoms with Gasteiger partial charge in [-0.25, -0.2) is 22.5 Å². The first-order chi connectivity index (χ1) is 16.4. The summed E-state index contributed by atoms with van der Waals surface area (Å²) < 4.78 is 57.6. The molecular weight excluding hydrogens is 493 g/mol. The van der Waals surface area contributed by atoms with Crippen molar-refractivity contribution < 1.29 is 36.1 Å². The van der Waals surface area contributed by atoms with Crippen molar-refractivity contribution in [2.45, 2.75) is 46.1 Å². The molecule has 0 fully saturated rings. The summed E-state index contributed by atoms with van der Waals surface area (Å²) in [6.45, 7) is 8.50. The molecule has 0 aliphatic carbocycles. The molecule has 1 aromatic heterocycles. The molecule has 8 heteroatoms. The van der Waals surface area contributed by atoms with E-state index in [1.54, 1.807) is 24.3 Å². The number of aryl methyl sites for hydroxylation is 1. The molecular formula is C27H27F4N3V. The first-order valence-corrected chi connectivity index (χ1v) is 11.3. The predicted octanol–water partition coefficient (Wildman–Crippen LogP) is 8.22. The number of hydrogen-bond donors (Lipinski definition) is 1. The standard InChI is InChI=1S/C23H18F4N3.C4H9.V/c1-2-3-12-30-18-11-7-10-17(21(18)29-23(30)14-8-5-4-6-9-14)28-22-19(26)15(24)13-16(25)20(22)27;1-3-4-2;/h5-11,13,28H,2-3,12H2,1H3;1,3-4H2,2H3;/q2*-1;+2. The minimum absolute atomic E-state index is 0. The second-order valence-corrected chi connectivity index (χ2v) is 7.72. The van der Waals surface area contributed by atoms with Gasteiger partial charge >= 0.3 is 18.6 Å². The van der Waals surface area contributed by atoms with Gasteiger partial charge in [-0.2, -0.15) is 36.8 Å². The summed E-state index contributed by atoms with van der Waals surface area (Å²) in [6.07, 6.45) is 4.16. The minimum Gasteiger partial charge on any atom is -0.349 e. The fraction of sp³-hybridized carbons (Fsp3) is 0.259. The number of fused-ring (bicyclic) bond motifs is 1. The van der Waals surface area contributed by atoms with Gasteiger partial charge in [-0.3, -0.25) is 0 Å². The Morgan fingerprint density at radius 1 is 0.971 bits per heavy atom. The summed E-state index contributed by atoms with van der Waals surface area (Å²) in [6, 6.07) is 15.5. The second-order valence-electron chi connectivity index (χ2n) is 7.72. The molecule has 0 aliphatic heterocycles. The Balaban J connectivity index is 0.000000804. The summed E-state index contributed by atoms with van der Waals surface area (Å²) in [5.41, 5.74) is 1.41. The smallest absolute Gasteiger partial charge is 0.349 e. The maximum atomic E-state index is 14.2. The number of halogens is 4. The van der Waals surface area contributed by atoms with Gasteiger partial charge in [0.15, 0.2) is 23.3 Å². The number of aromatic nitrogens is 2. The van der Waals surface area contributed by atoms with E-state index in [-0.39, 0.29) is 30.3 Å². The maximum absolute atomic E-state index is 14.2. The first-order valence-electron chi connectivity index (χ1n) is 11.3. The van der Waals surface area contributed by atoms with Crippen molar-refractivity contribution in [1.29, 1.82) is 0 Å². The van der Waals surface area contributed by atoms with Crippen LogP contribution in [-0.4, -0.2) is 9.55 Å². The van der Waals surface area contributed by atoms with Crippen molar-refractivity contribution in [2.75, 3.05) is 5.32 Å². The monoisotopic (exact) mass is 520 g/mol. The van der Waals surface area contributed by atoms with Crippen LogP contribution in [0, 0.1) is 36.3 Å². The van der Waals surface area contributed by atoms with Crippen LogP contribution in [0.5, 0.6) is 0 Å². The molecule has 0 unspecified atom stereocenters. The number of unbranched alkanes of at least 4 members (excludes halogenated alkanes) is 2. The van der Waals surface area contributed by atoms with Crippen LogP contribution in [-0.2, 0) is 25.1 Å². The van der Waals surface area contributed by atoms with E-state index >= 15 is 0 Å².